The summed E-state index contributed by atoms with van der Waals surface area (Å²) in [5.41, 5.74) is 3.80. The van der Waals surface area contributed by atoms with Gasteiger partial charge in [-0.05, 0) is 66.6 Å². The van der Waals surface area contributed by atoms with E-state index in [2.05, 4.69) is 10.2 Å². The molecule has 0 fully saturated rings. The number of hydrogen-bond acceptors (Lipinski definition) is 5. The average Bonchev–Trinajstić information content (AvgIpc) is 2.73. The second kappa shape index (κ2) is 9.10. The monoisotopic (exact) mass is 391 g/mol. The molecule has 0 amide bonds. The van der Waals surface area contributed by atoms with Crippen molar-refractivity contribution in [1.29, 1.82) is 0 Å². The van der Waals surface area contributed by atoms with Crippen LogP contribution in [0.5, 0.6) is 0 Å². The van der Waals surface area contributed by atoms with E-state index in [1.54, 1.807) is 43.3 Å². The third kappa shape index (κ3) is 5.04. The quantitative estimate of drug-likeness (QED) is 0.374. The first kappa shape index (κ1) is 20.2. The Morgan fingerprint density at radius 2 is 1.59 bits per heavy atom. The summed E-state index contributed by atoms with van der Waals surface area (Å²) in [7, 11) is 3.91. The summed E-state index contributed by atoms with van der Waals surface area (Å²) >= 11 is 0. The van der Waals surface area contributed by atoms with Gasteiger partial charge in [0.15, 0.2) is 5.82 Å². The Bertz CT molecular complexity index is 1010. The third-order valence-corrected chi connectivity index (χ3v) is 4.32. The van der Waals surface area contributed by atoms with Gasteiger partial charge in [0.05, 0.1) is 17.9 Å². The molecule has 0 bridgehead atoms. The van der Waals surface area contributed by atoms with E-state index >= 15 is 0 Å². The van der Waals surface area contributed by atoms with E-state index in [-0.39, 0.29) is 11.7 Å². The third-order valence-electron chi connectivity index (χ3n) is 4.32. The van der Waals surface area contributed by atoms with Gasteiger partial charge in [0.25, 0.3) is 0 Å². The van der Waals surface area contributed by atoms with Crippen LogP contribution in [-0.4, -0.2) is 26.7 Å². The Hall–Kier alpha value is -3.54. The molecule has 5 nitrogen and oxygen atoms in total. The number of esters is 1. The molecule has 0 atom stereocenters. The van der Waals surface area contributed by atoms with Gasteiger partial charge in [0.1, 0.15) is 5.69 Å². The minimum atomic E-state index is -0.467. The zero-order valence-electron chi connectivity index (χ0n) is 16.6. The van der Waals surface area contributed by atoms with Crippen molar-refractivity contribution in [2.75, 3.05) is 25.6 Å². The zero-order valence-corrected chi connectivity index (χ0v) is 16.6. The van der Waals surface area contributed by atoms with Crippen molar-refractivity contribution in [2.45, 2.75) is 6.92 Å². The van der Waals surface area contributed by atoms with Gasteiger partial charge < -0.3 is 9.64 Å². The van der Waals surface area contributed by atoms with Gasteiger partial charge in [0, 0.05) is 19.8 Å². The molecule has 148 valence electrons. The number of benzene rings is 3. The number of carbonyl (C=O) groups is 1. The van der Waals surface area contributed by atoms with Gasteiger partial charge >= 0.3 is 5.97 Å². The summed E-state index contributed by atoms with van der Waals surface area (Å²) in [6.45, 7) is 2.08. The fraction of sp³-hybridized carbons (Fsp3) is 0.174. The van der Waals surface area contributed by atoms with Gasteiger partial charge in [0.2, 0.25) is 0 Å². The molecule has 6 heteroatoms. The predicted octanol–water partition coefficient (Wildman–Crippen LogP) is 6.15. The molecular formula is C23H22FN3O2. The van der Waals surface area contributed by atoms with E-state index in [1.165, 1.54) is 6.07 Å². The van der Waals surface area contributed by atoms with Gasteiger partial charge in [-0.25, -0.2) is 9.18 Å². The number of ether oxygens (including phenoxy) is 1. The van der Waals surface area contributed by atoms with E-state index in [4.69, 9.17) is 4.74 Å². The van der Waals surface area contributed by atoms with Crippen molar-refractivity contribution in [3.05, 3.63) is 78.1 Å². The van der Waals surface area contributed by atoms with Crippen LogP contribution in [-0.2, 0) is 4.74 Å². The highest BCUT2D eigenvalue weighted by Gasteiger charge is 2.08. The largest absolute Gasteiger partial charge is 0.462 e. The van der Waals surface area contributed by atoms with Crippen LogP contribution < -0.4 is 4.90 Å². The predicted molar refractivity (Wildman–Crippen MR) is 113 cm³/mol. The summed E-state index contributed by atoms with van der Waals surface area (Å²) in [4.78, 5) is 13.7. The van der Waals surface area contributed by atoms with E-state index in [1.807, 2.05) is 43.3 Å². The number of azo groups is 1. The zero-order chi connectivity index (χ0) is 20.8. The molecule has 0 aliphatic heterocycles. The summed E-state index contributed by atoms with van der Waals surface area (Å²) in [5, 5.41) is 8.12. The molecule has 0 N–H and O–H groups in total. The fourth-order valence-corrected chi connectivity index (χ4v) is 2.71. The number of hydrogen-bond donors (Lipinski definition) is 0. The molecule has 0 heterocycles. The van der Waals surface area contributed by atoms with E-state index in [0.29, 0.717) is 23.4 Å². The molecule has 3 aromatic rings. The first-order valence-corrected chi connectivity index (χ1v) is 9.24. The van der Waals surface area contributed by atoms with Gasteiger partial charge in [-0.2, -0.15) is 5.11 Å². The Kier molecular flexibility index (Phi) is 6.34. The molecule has 0 spiro atoms. The van der Waals surface area contributed by atoms with Crippen LogP contribution in [0.3, 0.4) is 0 Å². The molecule has 0 saturated heterocycles. The van der Waals surface area contributed by atoms with E-state index in [9.17, 15) is 9.18 Å². The molecule has 0 unspecified atom stereocenters. The molecule has 0 saturated carbocycles. The standard InChI is InChI=1S/C23H22FN3O2/c1-4-29-23(28)17-7-5-16(6-8-17)18-9-14-22(21(24)15-18)26-25-19-10-12-20(13-11-19)27(2)3/h5-15H,4H2,1-3H3. The molecule has 29 heavy (non-hydrogen) atoms. The Morgan fingerprint density at radius 1 is 0.931 bits per heavy atom. The van der Waals surface area contributed by atoms with Gasteiger partial charge in [-0.15, -0.1) is 5.11 Å². The SMILES string of the molecule is CCOC(=O)c1ccc(-c2ccc(N=Nc3ccc(N(C)C)cc3)c(F)c2)cc1. The maximum Gasteiger partial charge on any atom is 0.338 e. The fourth-order valence-electron chi connectivity index (χ4n) is 2.71. The molecular weight excluding hydrogens is 369 g/mol. The molecule has 0 radical (unpaired) electrons. The number of anilines is 1. The smallest absolute Gasteiger partial charge is 0.338 e. The normalized spacial score (nSPS) is 10.9. The van der Waals surface area contributed by atoms with E-state index < -0.39 is 5.82 Å². The first-order valence-electron chi connectivity index (χ1n) is 9.24. The average molecular weight is 391 g/mol. The summed E-state index contributed by atoms with van der Waals surface area (Å²) in [5.74, 6) is -0.842. The Balaban J connectivity index is 1.75. The van der Waals surface area contributed by atoms with E-state index in [0.717, 1.165) is 11.3 Å². The highest BCUT2D eigenvalue weighted by atomic mass is 19.1. The first-order chi connectivity index (χ1) is 14.0. The summed E-state index contributed by atoms with van der Waals surface area (Å²) < 4.78 is 19.4. The van der Waals surface area contributed by atoms with Crippen LogP contribution in [0, 0.1) is 5.82 Å². The van der Waals surface area contributed by atoms with Crippen molar-refractivity contribution in [2.24, 2.45) is 10.2 Å². The highest BCUT2D eigenvalue weighted by molar-refractivity contribution is 5.90. The van der Waals surface area contributed by atoms with Crippen molar-refractivity contribution in [3.63, 3.8) is 0 Å². The maximum atomic E-state index is 14.5. The van der Waals surface area contributed by atoms with Gasteiger partial charge in [-0.1, -0.05) is 18.2 Å². The van der Waals surface area contributed by atoms with Crippen LogP contribution in [0.2, 0.25) is 0 Å². The molecule has 3 aromatic carbocycles. The molecule has 3 rings (SSSR count). The lowest BCUT2D eigenvalue weighted by molar-refractivity contribution is 0.0526. The topological polar surface area (TPSA) is 54.3 Å². The van der Waals surface area contributed by atoms with Crippen molar-refractivity contribution in [1.82, 2.24) is 0 Å². The molecule has 0 aliphatic rings. The lowest BCUT2D eigenvalue weighted by atomic mass is 10.0. The second-order valence-corrected chi connectivity index (χ2v) is 6.57. The molecule has 0 aliphatic carbocycles. The number of halogens is 1. The Labute approximate surface area is 169 Å². The van der Waals surface area contributed by atoms with Crippen LogP contribution in [0.4, 0.5) is 21.5 Å². The van der Waals surface area contributed by atoms with Crippen molar-refractivity contribution >= 4 is 23.0 Å². The number of rotatable bonds is 6. The van der Waals surface area contributed by atoms with Crippen LogP contribution >= 0.6 is 0 Å². The number of carbonyl (C=O) groups excluding carboxylic acids is 1. The minimum absolute atomic E-state index is 0.161. The van der Waals surface area contributed by atoms with Crippen LogP contribution in [0.15, 0.2) is 77.0 Å². The van der Waals surface area contributed by atoms with Crippen molar-refractivity contribution in [3.8, 4) is 11.1 Å². The minimum Gasteiger partial charge on any atom is -0.462 e. The number of nitrogens with zero attached hydrogens (tertiary/aromatic N) is 3. The Morgan fingerprint density at radius 3 is 2.17 bits per heavy atom. The maximum absolute atomic E-state index is 14.5. The highest BCUT2D eigenvalue weighted by Crippen LogP contribution is 2.28. The summed E-state index contributed by atoms with van der Waals surface area (Å²) in [6.07, 6.45) is 0. The lowest BCUT2D eigenvalue weighted by Crippen LogP contribution is -2.07. The second-order valence-electron chi connectivity index (χ2n) is 6.57. The summed E-state index contributed by atoms with van der Waals surface area (Å²) in [6, 6.07) is 19.1. The van der Waals surface area contributed by atoms with Crippen molar-refractivity contribution < 1.29 is 13.9 Å². The lowest BCUT2D eigenvalue weighted by Gasteiger charge is -2.11. The van der Waals surface area contributed by atoms with Crippen LogP contribution in [0.1, 0.15) is 17.3 Å². The van der Waals surface area contributed by atoms with Gasteiger partial charge in [-0.3, -0.25) is 0 Å². The molecule has 0 aromatic heterocycles. The van der Waals surface area contributed by atoms with Crippen LogP contribution in [0.25, 0.3) is 11.1 Å².